The molecular formula is C32H28ClF3N6O3S. The van der Waals surface area contributed by atoms with E-state index in [0.29, 0.717) is 32.6 Å². The average Bonchev–Trinajstić information content (AvgIpc) is 3.70. The van der Waals surface area contributed by atoms with Gasteiger partial charge in [-0.3, -0.25) is 9.69 Å². The number of nitriles is 1. The number of carbonyl (C=O) groups excluding carboxylic acids is 1. The summed E-state index contributed by atoms with van der Waals surface area (Å²) < 4.78 is 59.0. The van der Waals surface area contributed by atoms with Crippen LogP contribution in [0.4, 0.5) is 19.0 Å². The van der Waals surface area contributed by atoms with Crippen molar-refractivity contribution in [2.75, 3.05) is 50.8 Å². The van der Waals surface area contributed by atoms with Crippen molar-refractivity contribution in [3.8, 4) is 29.0 Å². The topological polar surface area (TPSA) is 94.8 Å². The highest BCUT2D eigenvalue weighted by atomic mass is 35.5. The first-order chi connectivity index (χ1) is 22.2. The van der Waals surface area contributed by atoms with Gasteiger partial charge in [-0.1, -0.05) is 17.7 Å². The number of likely N-dealkylation sites (N-methyl/N-ethyl adjacent to an activating group) is 1. The smallest absolute Gasteiger partial charge is 0.319 e. The summed E-state index contributed by atoms with van der Waals surface area (Å²) in [4.78, 5) is 28.4. The quantitative estimate of drug-likeness (QED) is 0.268. The molecule has 238 valence electrons. The molecule has 8 rings (SSSR count). The Hall–Kier alpha value is -3.86. The van der Waals surface area contributed by atoms with Gasteiger partial charge < -0.3 is 19.3 Å². The van der Waals surface area contributed by atoms with Crippen LogP contribution in [-0.4, -0.2) is 89.4 Å². The summed E-state index contributed by atoms with van der Waals surface area (Å²) >= 11 is 8.02. The lowest BCUT2D eigenvalue weighted by Crippen LogP contribution is -2.59. The number of carbonyl (C=O) groups is 1. The lowest BCUT2D eigenvalue weighted by molar-refractivity contribution is -0.134. The number of rotatable bonds is 5. The zero-order chi connectivity index (χ0) is 31.9. The minimum absolute atomic E-state index is 0.0849. The zero-order valence-electron chi connectivity index (χ0n) is 24.8. The van der Waals surface area contributed by atoms with Gasteiger partial charge in [-0.25, -0.2) is 13.2 Å². The molecule has 1 unspecified atom stereocenters. The van der Waals surface area contributed by atoms with Crippen LogP contribution in [0.15, 0.2) is 17.5 Å². The number of fused-ring (bicyclic) bond motifs is 4. The molecule has 4 aliphatic heterocycles. The van der Waals surface area contributed by atoms with E-state index >= 15 is 4.39 Å². The van der Waals surface area contributed by atoms with Gasteiger partial charge in [0.15, 0.2) is 11.6 Å². The van der Waals surface area contributed by atoms with Crippen LogP contribution in [0.2, 0.25) is 5.02 Å². The van der Waals surface area contributed by atoms with Crippen LogP contribution in [0.1, 0.15) is 31.7 Å². The molecule has 3 atom stereocenters. The van der Waals surface area contributed by atoms with E-state index in [0.717, 1.165) is 30.7 Å². The first-order valence-electron chi connectivity index (χ1n) is 15.3. The fourth-order valence-electron chi connectivity index (χ4n) is 7.66. The van der Waals surface area contributed by atoms with Crippen molar-refractivity contribution < 1.29 is 27.4 Å². The van der Waals surface area contributed by atoms with Crippen molar-refractivity contribution in [2.24, 2.45) is 0 Å². The molecule has 46 heavy (non-hydrogen) atoms. The highest BCUT2D eigenvalue weighted by Gasteiger charge is 2.49. The van der Waals surface area contributed by atoms with Gasteiger partial charge in [0.25, 0.3) is 0 Å². The SMILES string of the molecule is CCN1CCN2c3nc(OC[C@@]45CCCN4C[C@H](F)C5)nc4c(F)c(-c5ccc(F)c6scc(C#N)c56)c(Cl)c(c34)OCC2C1=O. The predicted molar refractivity (Wildman–Crippen MR) is 167 cm³/mol. The summed E-state index contributed by atoms with van der Waals surface area (Å²) in [5, 5.41) is 11.6. The maximum atomic E-state index is 17.0. The third kappa shape index (κ3) is 4.26. The molecule has 1 amide bonds. The molecule has 0 N–H and O–H groups in total. The van der Waals surface area contributed by atoms with E-state index in [-0.39, 0.29) is 79.4 Å². The Kier molecular flexibility index (Phi) is 6.97. The molecule has 6 heterocycles. The number of nitrogens with zero attached hydrogens (tertiary/aromatic N) is 6. The van der Waals surface area contributed by atoms with E-state index in [1.165, 1.54) is 17.5 Å². The first-order valence-corrected chi connectivity index (χ1v) is 16.5. The van der Waals surface area contributed by atoms with Crippen molar-refractivity contribution in [2.45, 2.75) is 43.9 Å². The van der Waals surface area contributed by atoms with Crippen LogP contribution in [0.25, 0.3) is 32.1 Å². The summed E-state index contributed by atoms with van der Waals surface area (Å²) in [6, 6.07) is 3.78. The molecule has 0 saturated carbocycles. The molecule has 3 saturated heterocycles. The molecule has 14 heteroatoms. The number of ether oxygens (including phenoxy) is 2. The van der Waals surface area contributed by atoms with Gasteiger partial charge in [0.05, 0.1) is 26.2 Å². The fraction of sp³-hybridized carbons (Fsp3) is 0.438. The Morgan fingerprint density at radius 2 is 2.09 bits per heavy atom. The second-order valence-electron chi connectivity index (χ2n) is 12.2. The normalized spacial score (nSPS) is 24.2. The standard InChI is InChI=1S/C32H28ClF3N6O3S/c1-2-40-8-9-42-20(30(40)43)13-44-27-23-26(38-31(39-29(23)42)45-15-32-6-3-7-41(32)12-17(34)10-32)25(36)22(24(27)33)18-4-5-19(35)28-21(18)16(11-37)14-46-28/h4-5,14,17,20H,2-3,6-10,12-13,15H2,1H3/t17-,20?,32+/m1/s1. The number of amides is 1. The molecule has 9 nitrogen and oxygen atoms in total. The minimum atomic E-state index is -0.961. The number of alkyl halides is 1. The van der Waals surface area contributed by atoms with E-state index in [9.17, 15) is 18.8 Å². The number of anilines is 1. The summed E-state index contributed by atoms with van der Waals surface area (Å²) in [6.45, 7) is 4.39. The van der Waals surface area contributed by atoms with E-state index in [2.05, 4.69) is 16.0 Å². The summed E-state index contributed by atoms with van der Waals surface area (Å²) in [5.74, 6) is -1.20. The predicted octanol–water partition coefficient (Wildman–Crippen LogP) is 5.70. The summed E-state index contributed by atoms with van der Waals surface area (Å²) in [5.41, 5.74) is -0.382. The third-order valence-electron chi connectivity index (χ3n) is 9.86. The van der Waals surface area contributed by atoms with E-state index in [4.69, 9.17) is 26.1 Å². The summed E-state index contributed by atoms with van der Waals surface area (Å²) in [7, 11) is 0. The minimum Gasteiger partial charge on any atom is -0.488 e. The molecule has 0 aliphatic carbocycles. The monoisotopic (exact) mass is 668 g/mol. The fourth-order valence-corrected chi connectivity index (χ4v) is 8.92. The van der Waals surface area contributed by atoms with E-state index in [1.807, 2.05) is 6.92 Å². The maximum absolute atomic E-state index is 17.0. The van der Waals surface area contributed by atoms with Crippen LogP contribution < -0.4 is 14.4 Å². The molecular weight excluding hydrogens is 641 g/mol. The molecule has 0 spiro atoms. The van der Waals surface area contributed by atoms with Crippen molar-refractivity contribution in [1.82, 2.24) is 19.8 Å². The molecule has 2 aromatic heterocycles. The molecule has 2 aromatic carbocycles. The average molecular weight is 669 g/mol. The second-order valence-corrected chi connectivity index (χ2v) is 13.5. The first kappa shape index (κ1) is 29.5. The van der Waals surface area contributed by atoms with Gasteiger partial charge in [0.2, 0.25) is 5.91 Å². The van der Waals surface area contributed by atoms with Gasteiger partial charge in [-0.2, -0.15) is 15.2 Å². The maximum Gasteiger partial charge on any atom is 0.319 e. The van der Waals surface area contributed by atoms with Crippen LogP contribution in [-0.2, 0) is 4.79 Å². The molecule has 0 bridgehead atoms. The Labute approximate surface area is 271 Å². The lowest BCUT2D eigenvalue weighted by Gasteiger charge is -2.39. The van der Waals surface area contributed by atoms with Gasteiger partial charge in [-0.15, -0.1) is 11.3 Å². The van der Waals surface area contributed by atoms with Crippen LogP contribution >= 0.6 is 22.9 Å². The van der Waals surface area contributed by atoms with Gasteiger partial charge in [0, 0.05) is 48.9 Å². The number of hydrogen-bond acceptors (Lipinski definition) is 9. The Bertz CT molecular complexity index is 1990. The Morgan fingerprint density at radius 3 is 2.89 bits per heavy atom. The lowest BCUT2D eigenvalue weighted by atomic mass is 9.95. The second kappa shape index (κ2) is 10.9. The van der Waals surface area contributed by atoms with Crippen LogP contribution in [0, 0.1) is 23.0 Å². The van der Waals surface area contributed by atoms with Crippen molar-refractivity contribution in [3.05, 3.63) is 39.7 Å². The van der Waals surface area contributed by atoms with Crippen molar-refractivity contribution in [3.63, 3.8) is 0 Å². The zero-order valence-corrected chi connectivity index (χ0v) is 26.4. The molecule has 4 aromatic rings. The van der Waals surface area contributed by atoms with E-state index < -0.39 is 29.4 Å². The Morgan fingerprint density at radius 1 is 1.24 bits per heavy atom. The number of halogens is 4. The van der Waals surface area contributed by atoms with E-state index in [1.54, 1.807) is 9.80 Å². The van der Waals surface area contributed by atoms with Gasteiger partial charge in [0.1, 0.15) is 48.6 Å². The third-order valence-corrected chi connectivity index (χ3v) is 11.2. The van der Waals surface area contributed by atoms with Crippen molar-refractivity contribution in [1.29, 1.82) is 5.26 Å². The van der Waals surface area contributed by atoms with Crippen LogP contribution in [0.5, 0.6) is 11.8 Å². The number of piperazine rings is 1. The number of hydrogen-bond donors (Lipinski definition) is 0. The number of benzene rings is 2. The van der Waals surface area contributed by atoms with Crippen molar-refractivity contribution >= 4 is 55.7 Å². The largest absolute Gasteiger partial charge is 0.488 e. The number of aromatic nitrogens is 2. The highest BCUT2D eigenvalue weighted by molar-refractivity contribution is 7.17. The molecule has 4 aliphatic rings. The molecule has 0 radical (unpaired) electrons. The van der Waals surface area contributed by atoms with Gasteiger partial charge >= 0.3 is 6.01 Å². The summed E-state index contributed by atoms with van der Waals surface area (Å²) in [6.07, 6.45) is 1.05. The van der Waals surface area contributed by atoms with Crippen LogP contribution in [0.3, 0.4) is 0 Å². The molecule has 3 fully saturated rings. The van der Waals surface area contributed by atoms with Gasteiger partial charge in [-0.05, 0) is 37.9 Å². The highest BCUT2D eigenvalue weighted by Crippen LogP contribution is 2.50. The Balaban J connectivity index is 1.34. The number of thiophene rings is 1.